The summed E-state index contributed by atoms with van der Waals surface area (Å²) in [5, 5.41) is 0. The van der Waals surface area contributed by atoms with Gasteiger partial charge in [0.15, 0.2) is 0 Å². The van der Waals surface area contributed by atoms with Crippen LogP contribution >= 0.6 is 0 Å². The van der Waals surface area contributed by atoms with E-state index in [1.54, 1.807) is 0 Å². The minimum atomic E-state index is -0.728. The van der Waals surface area contributed by atoms with Crippen molar-refractivity contribution in [2.75, 3.05) is 0 Å². The topological polar surface area (TPSA) is 69.4 Å². The number of rotatable bonds is 1. The van der Waals surface area contributed by atoms with Crippen LogP contribution in [0.4, 0.5) is 0 Å². The van der Waals surface area contributed by atoms with Crippen LogP contribution in [-0.4, -0.2) is 18.0 Å². The maximum Gasteiger partial charge on any atom is 0.330 e. The smallest absolute Gasteiger partial charge is 0.330 e. The van der Waals surface area contributed by atoms with Gasteiger partial charge >= 0.3 is 11.9 Å². The molecule has 0 fully saturated rings. The van der Waals surface area contributed by atoms with E-state index in [9.17, 15) is 9.59 Å². The molecule has 0 rings (SSSR count). The van der Waals surface area contributed by atoms with E-state index in [1.807, 2.05) is 0 Å². The Morgan fingerprint density at radius 1 is 1.50 bits per heavy atom. The summed E-state index contributed by atoms with van der Waals surface area (Å²) in [6.45, 7) is 2.60. The first-order valence-electron chi connectivity index (χ1n) is 2.52. The summed E-state index contributed by atoms with van der Waals surface area (Å²) in [6.07, 6.45) is 0. The van der Waals surface area contributed by atoms with Crippen molar-refractivity contribution < 1.29 is 34.7 Å². The zero-order valence-electron chi connectivity index (χ0n) is 5.70. The van der Waals surface area contributed by atoms with Crippen molar-refractivity contribution in [3.8, 4) is 0 Å². The molecule has 5 heteroatoms. The second-order valence-corrected chi connectivity index (χ2v) is 1.70. The van der Waals surface area contributed by atoms with Crippen LogP contribution in [0.3, 0.4) is 0 Å². The number of esters is 2. The first-order chi connectivity index (χ1) is 4.04. The molecule has 0 aromatic rings. The van der Waals surface area contributed by atoms with Gasteiger partial charge in [-0.1, -0.05) is 0 Å². The third-order valence-electron chi connectivity index (χ3n) is 0.616. The monoisotopic (exact) mass is 237 g/mol. The normalized spacial score (nSPS) is 11.1. The van der Waals surface area contributed by atoms with Gasteiger partial charge in [0.05, 0.1) is 0 Å². The number of hydrogen-bond donors (Lipinski definition) is 1. The van der Waals surface area contributed by atoms with Crippen LogP contribution in [0, 0.1) is 0 Å². The Hall–Kier alpha value is -0.238. The Kier molecular flexibility index (Phi) is 6.89. The van der Waals surface area contributed by atoms with Gasteiger partial charge in [-0.15, -0.1) is 0 Å². The van der Waals surface area contributed by atoms with Crippen LogP contribution in [0.15, 0.2) is 0 Å². The second kappa shape index (κ2) is 5.54. The molecule has 0 amide bonds. The summed E-state index contributed by atoms with van der Waals surface area (Å²) in [5.74, 6) is -1.32. The van der Waals surface area contributed by atoms with Crippen LogP contribution in [0.5, 0.6) is 0 Å². The molecule has 0 saturated heterocycles. The molecule has 0 radical (unpaired) electrons. The summed E-state index contributed by atoms with van der Waals surface area (Å²) in [4.78, 5) is 20.4. The number of carbonyl (C=O) groups excluding carboxylic acids is 2. The van der Waals surface area contributed by atoms with E-state index in [-0.39, 0.29) is 20.4 Å². The molecule has 2 N–H and O–H groups in total. The van der Waals surface area contributed by atoms with E-state index in [4.69, 9.17) is 5.73 Å². The Morgan fingerprint density at radius 3 is 2.00 bits per heavy atom. The average molecular weight is 238 g/mol. The molecule has 1 atom stereocenters. The Balaban J connectivity index is 0. The zero-order chi connectivity index (χ0) is 7.44. The van der Waals surface area contributed by atoms with Crippen molar-refractivity contribution in [1.82, 2.24) is 0 Å². The summed E-state index contributed by atoms with van der Waals surface area (Å²) < 4.78 is 4.11. The fourth-order valence-electron chi connectivity index (χ4n) is 0.235. The van der Waals surface area contributed by atoms with Crippen molar-refractivity contribution in [2.45, 2.75) is 19.9 Å². The Labute approximate surface area is 72.8 Å². The van der Waals surface area contributed by atoms with Crippen molar-refractivity contribution in [3.05, 3.63) is 0 Å². The van der Waals surface area contributed by atoms with Crippen molar-refractivity contribution >= 4 is 11.9 Å². The maximum atomic E-state index is 10.4. The standard InChI is InChI=1S/C5H9NO3.Pd/c1-3(6)5(8)9-4(2)7;/h3H,6H2,1-2H3;/t3-;/m0./s1. The van der Waals surface area contributed by atoms with Crippen molar-refractivity contribution in [3.63, 3.8) is 0 Å². The fraction of sp³-hybridized carbons (Fsp3) is 0.600. The third kappa shape index (κ3) is 5.89. The van der Waals surface area contributed by atoms with E-state index in [0.29, 0.717) is 0 Å². The Morgan fingerprint density at radius 2 is 1.90 bits per heavy atom. The third-order valence-corrected chi connectivity index (χ3v) is 0.616. The van der Waals surface area contributed by atoms with Crippen molar-refractivity contribution in [2.24, 2.45) is 5.73 Å². The molecule has 0 spiro atoms. The van der Waals surface area contributed by atoms with Gasteiger partial charge in [0.1, 0.15) is 6.04 Å². The zero-order valence-corrected chi connectivity index (χ0v) is 7.25. The van der Waals surface area contributed by atoms with Gasteiger partial charge in [-0.3, -0.25) is 4.79 Å². The quantitative estimate of drug-likeness (QED) is 0.376. The first-order valence-corrected chi connectivity index (χ1v) is 2.52. The molecule has 0 aliphatic rings. The first kappa shape index (κ1) is 12.4. The van der Waals surface area contributed by atoms with Gasteiger partial charge in [-0.25, -0.2) is 4.79 Å². The number of hydrogen-bond acceptors (Lipinski definition) is 4. The maximum absolute atomic E-state index is 10.4. The molecular formula is C5H9NO3Pd. The summed E-state index contributed by atoms with van der Waals surface area (Å²) in [7, 11) is 0. The number of carbonyl (C=O) groups is 2. The fourth-order valence-corrected chi connectivity index (χ4v) is 0.235. The van der Waals surface area contributed by atoms with Gasteiger partial charge < -0.3 is 10.5 Å². The summed E-state index contributed by atoms with van der Waals surface area (Å²) >= 11 is 0. The average Bonchev–Trinajstić information content (AvgIpc) is 1.63. The van der Waals surface area contributed by atoms with Crippen molar-refractivity contribution in [1.29, 1.82) is 0 Å². The molecule has 10 heavy (non-hydrogen) atoms. The molecule has 0 heterocycles. The van der Waals surface area contributed by atoms with Crippen LogP contribution < -0.4 is 5.73 Å². The van der Waals surface area contributed by atoms with Crippen LogP contribution in [0.1, 0.15) is 13.8 Å². The van der Waals surface area contributed by atoms with Crippen LogP contribution in [0.2, 0.25) is 0 Å². The molecule has 4 nitrogen and oxygen atoms in total. The van der Waals surface area contributed by atoms with E-state index in [0.717, 1.165) is 6.92 Å². The minimum Gasteiger partial charge on any atom is -0.392 e. The largest absolute Gasteiger partial charge is 0.392 e. The molecule has 0 aromatic carbocycles. The van der Waals surface area contributed by atoms with Gasteiger partial charge in [0.25, 0.3) is 0 Å². The second-order valence-electron chi connectivity index (χ2n) is 1.70. The molecule has 0 aliphatic heterocycles. The van der Waals surface area contributed by atoms with Gasteiger partial charge in [-0.2, -0.15) is 0 Å². The van der Waals surface area contributed by atoms with Gasteiger partial charge in [0, 0.05) is 27.3 Å². The molecule has 0 bridgehead atoms. The van der Waals surface area contributed by atoms with E-state index in [2.05, 4.69) is 4.74 Å². The van der Waals surface area contributed by atoms with Crippen LogP contribution in [0.25, 0.3) is 0 Å². The summed E-state index contributed by atoms with van der Waals surface area (Å²) in [5.41, 5.74) is 5.06. The van der Waals surface area contributed by atoms with E-state index >= 15 is 0 Å². The SMILES string of the molecule is CC(=O)OC(=O)[C@H](C)N.[Pd]. The van der Waals surface area contributed by atoms with Crippen LogP contribution in [-0.2, 0) is 34.7 Å². The molecule has 0 aromatic heterocycles. The summed E-state index contributed by atoms with van der Waals surface area (Å²) in [6, 6.07) is -0.728. The van der Waals surface area contributed by atoms with E-state index in [1.165, 1.54) is 6.92 Å². The number of nitrogens with two attached hydrogens (primary N) is 1. The molecule has 62 valence electrons. The number of ether oxygens (including phenoxy) is 1. The minimum absolute atomic E-state index is 0. The molecule has 0 aliphatic carbocycles. The van der Waals surface area contributed by atoms with Gasteiger partial charge in [-0.05, 0) is 6.92 Å². The molecule has 0 unspecified atom stereocenters. The molecular weight excluding hydrogens is 228 g/mol. The molecule has 0 saturated carbocycles. The van der Waals surface area contributed by atoms with E-state index < -0.39 is 18.0 Å². The Bertz CT molecular complexity index is 135. The predicted octanol–water partition coefficient (Wildman–Crippen LogP) is -0.579. The van der Waals surface area contributed by atoms with Gasteiger partial charge in [0.2, 0.25) is 0 Å². The predicted molar refractivity (Wildman–Crippen MR) is 30.4 cm³/mol.